The summed E-state index contributed by atoms with van der Waals surface area (Å²) in [6.45, 7) is 4.55. The average molecular weight is 372 g/mol. The van der Waals surface area contributed by atoms with E-state index in [1.165, 1.54) is 0 Å². The van der Waals surface area contributed by atoms with Crippen molar-refractivity contribution in [1.82, 2.24) is 15.0 Å². The number of hydrogen-bond acceptors (Lipinski definition) is 6. The van der Waals surface area contributed by atoms with Gasteiger partial charge in [-0.25, -0.2) is 0 Å². The number of carbonyl (C=O) groups excluding carboxylic acids is 2. The van der Waals surface area contributed by atoms with Crippen molar-refractivity contribution in [3.8, 4) is 5.75 Å². The third-order valence-corrected chi connectivity index (χ3v) is 4.52. The Balaban J connectivity index is 1.45. The Hall–Kier alpha value is -2.87. The topological polar surface area (TPSA) is 87.9 Å². The van der Waals surface area contributed by atoms with Crippen LogP contribution in [0, 0.1) is 6.92 Å². The molecule has 0 spiro atoms. The number of amides is 2. The Morgan fingerprint density at radius 2 is 1.96 bits per heavy atom. The van der Waals surface area contributed by atoms with Gasteiger partial charge in [-0.3, -0.25) is 14.5 Å². The van der Waals surface area contributed by atoms with E-state index in [0.29, 0.717) is 44.2 Å². The van der Waals surface area contributed by atoms with Gasteiger partial charge < -0.3 is 19.5 Å². The summed E-state index contributed by atoms with van der Waals surface area (Å²) in [5.74, 6) is 1.72. The summed E-state index contributed by atoms with van der Waals surface area (Å²) in [6, 6.07) is 9.22. The van der Waals surface area contributed by atoms with Gasteiger partial charge in [0.2, 0.25) is 11.8 Å². The molecule has 1 aliphatic heterocycles. The molecule has 1 aliphatic rings. The molecule has 1 N–H and O–H groups in total. The fourth-order valence-electron chi connectivity index (χ4n) is 3.09. The van der Waals surface area contributed by atoms with Crippen LogP contribution in [-0.2, 0) is 16.0 Å². The number of methoxy groups -OCH3 is 1. The third kappa shape index (κ3) is 5.07. The molecule has 27 heavy (non-hydrogen) atoms. The molecule has 144 valence electrons. The van der Waals surface area contributed by atoms with Gasteiger partial charge in [0.25, 0.3) is 0 Å². The molecule has 0 atom stereocenters. The zero-order chi connectivity index (χ0) is 19.2. The lowest BCUT2D eigenvalue weighted by Crippen LogP contribution is -2.50. The summed E-state index contributed by atoms with van der Waals surface area (Å²) in [7, 11) is 1.60. The molecular weight excluding hydrogens is 348 g/mol. The first-order valence-corrected chi connectivity index (χ1v) is 8.90. The number of aryl methyl sites for hydroxylation is 1. The van der Waals surface area contributed by atoms with Crippen molar-refractivity contribution in [2.75, 3.05) is 45.2 Å². The molecule has 1 aromatic carbocycles. The number of nitrogens with zero attached hydrogens (tertiary/aromatic N) is 3. The smallest absolute Gasteiger partial charge is 0.239 e. The molecule has 0 radical (unpaired) electrons. The lowest BCUT2D eigenvalue weighted by molar-refractivity contribution is -0.132. The molecule has 2 aromatic rings. The maximum atomic E-state index is 12.6. The predicted octanol–water partition coefficient (Wildman–Crippen LogP) is 1.32. The van der Waals surface area contributed by atoms with Gasteiger partial charge in [-0.15, -0.1) is 0 Å². The fourth-order valence-corrected chi connectivity index (χ4v) is 3.09. The molecule has 1 saturated heterocycles. The van der Waals surface area contributed by atoms with Gasteiger partial charge in [-0.1, -0.05) is 23.4 Å². The zero-order valence-corrected chi connectivity index (χ0v) is 15.6. The van der Waals surface area contributed by atoms with Crippen LogP contribution in [0.5, 0.6) is 5.75 Å². The van der Waals surface area contributed by atoms with E-state index in [0.717, 1.165) is 11.3 Å². The third-order valence-electron chi connectivity index (χ3n) is 4.52. The number of hydrogen-bond donors (Lipinski definition) is 1. The predicted molar refractivity (Wildman–Crippen MR) is 99.6 cm³/mol. The number of ether oxygens (including phenoxy) is 1. The molecule has 3 rings (SSSR count). The normalized spacial score (nSPS) is 14.8. The molecular formula is C19H24N4O4. The van der Waals surface area contributed by atoms with E-state index in [1.54, 1.807) is 20.1 Å². The second kappa shape index (κ2) is 8.68. The minimum atomic E-state index is -0.142. The van der Waals surface area contributed by atoms with Crippen LogP contribution >= 0.6 is 0 Å². The van der Waals surface area contributed by atoms with Crippen molar-refractivity contribution < 1.29 is 18.8 Å². The lowest BCUT2D eigenvalue weighted by atomic mass is 10.1. The SMILES string of the molecule is COc1ccccc1CC(=O)N1CCN(CC(=O)Nc2cc(C)on2)CC1. The summed E-state index contributed by atoms with van der Waals surface area (Å²) in [4.78, 5) is 28.5. The fraction of sp³-hybridized carbons (Fsp3) is 0.421. The van der Waals surface area contributed by atoms with Gasteiger partial charge in [-0.2, -0.15) is 0 Å². The van der Waals surface area contributed by atoms with Crippen LogP contribution in [0.15, 0.2) is 34.9 Å². The maximum absolute atomic E-state index is 12.6. The minimum absolute atomic E-state index is 0.0710. The van der Waals surface area contributed by atoms with E-state index < -0.39 is 0 Å². The van der Waals surface area contributed by atoms with Gasteiger partial charge in [-0.05, 0) is 13.0 Å². The van der Waals surface area contributed by atoms with Crippen molar-refractivity contribution in [3.63, 3.8) is 0 Å². The number of aromatic nitrogens is 1. The highest BCUT2D eigenvalue weighted by atomic mass is 16.5. The number of piperazine rings is 1. The maximum Gasteiger partial charge on any atom is 0.239 e. The summed E-state index contributed by atoms with van der Waals surface area (Å²) >= 11 is 0. The first-order chi connectivity index (χ1) is 13.0. The monoisotopic (exact) mass is 372 g/mol. The molecule has 0 bridgehead atoms. The van der Waals surface area contributed by atoms with Crippen LogP contribution in [0.3, 0.4) is 0 Å². The summed E-state index contributed by atoms with van der Waals surface area (Å²) in [6.07, 6.45) is 0.315. The van der Waals surface area contributed by atoms with E-state index in [1.807, 2.05) is 34.1 Å². The summed E-state index contributed by atoms with van der Waals surface area (Å²) in [5, 5.41) is 6.46. The van der Waals surface area contributed by atoms with Gasteiger partial charge in [0.1, 0.15) is 11.5 Å². The molecule has 1 fully saturated rings. The number of nitrogens with one attached hydrogen (secondary N) is 1. The Labute approximate surface area is 158 Å². The van der Waals surface area contributed by atoms with Crippen LogP contribution in [0.4, 0.5) is 5.82 Å². The first-order valence-electron chi connectivity index (χ1n) is 8.90. The van der Waals surface area contributed by atoms with Crippen LogP contribution in [0.1, 0.15) is 11.3 Å². The van der Waals surface area contributed by atoms with Crippen molar-refractivity contribution in [1.29, 1.82) is 0 Å². The number of para-hydroxylation sites is 1. The van der Waals surface area contributed by atoms with Crippen LogP contribution < -0.4 is 10.1 Å². The van der Waals surface area contributed by atoms with Gasteiger partial charge in [0, 0.05) is 37.8 Å². The highest BCUT2D eigenvalue weighted by molar-refractivity contribution is 5.91. The van der Waals surface area contributed by atoms with Gasteiger partial charge in [0.15, 0.2) is 5.82 Å². The molecule has 8 nitrogen and oxygen atoms in total. The number of rotatable bonds is 6. The molecule has 8 heteroatoms. The molecule has 2 amide bonds. The quantitative estimate of drug-likeness (QED) is 0.823. The van der Waals surface area contributed by atoms with E-state index in [-0.39, 0.29) is 18.4 Å². The standard InChI is InChI=1S/C19H24N4O4/c1-14-11-17(21-27-14)20-18(24)13-22-7-9-23(10-8-22)19(25)12-15-5-3-4-6-16(15)26-2/h3-6,11H,7-10,12-13H2,1-2H3,(H,20,21,24). The van der Waals surface area contributed by atoms with Crippen molar-refractivity contribution >= 4 is 17.6 Å². The molecule has 0 aliphatic carbocycles. The van der Waals surface area contributed by atoms with E-state index >= 15 is 0 Å². The first kappa shape index (κ1) is 18.9. The Kier molecular flexibility index (Phi) is 6.08. The Morgan fingerprint density at radius 3 is 2.63 bits per heavy atom. The molecule has 1 aromatic heterocycles. The number of benzene rings is 1. The molecule has 0 saturated carbocycles. The van der Waals surface area contributed by atoms with Crippen LogP contribution in [-0.4, -0.2) is 66.6 Å². The molecule has 2 heterocycles. The Bertz CT molecular complexity index is 797. The van der Waals surface area contributed by atoms with Crippen molar-refractivity contribution in [3.05, 3.63) is 41.7 Å². The van der Waals surface area contributed by atoms with Gasteiger partial charge >= 0.3 is 0 Å². The van der Waals surface area contributed by atoms with E-state index in [9.17, 15) is 9.59 Å². The highest BCUT2D eigenvalue weighted by Gasteiger charge is 2.23. The average Bonchev–Trinajstić information content (AvgIpc) is 3.07. The van der Waals surface area contributed by atoms with Crippen molar-refractivity contribution in [2.24, 2.45) is 0 Å². The summed E-state index contributed by atoms with van der Waals surface area (Å²) in [5.41, 5.74) is 0.884. The van der Waals surface area contributed by atoms with Crippen LogP contribution in [0.25, 0.3) is 0 Å². The highest BCUT2D eigenvalue weighted by Crippen LogP contribution is 2.19. The van der Waals surface area contributed by atoms with E-state index in [4.69, 9.17) is 9.26 Å². The minimum Gasteiger partial charge on any atom is -0.496 e. The zero-order valence-electron chi connectivity index (χ0n) is 15.6. The largest absolute Gasteiger partial charge is 0.496 e. The van der Waals surface area contributed by atoms with E-state index in [2.05, 4.69) is 10.5 Å². The van der Waals surface area contributed by atoms with Crippen LogP contribution in [0.2, 0.25) is 0 Å². The number of carbonyl (C=O) groups is 2. The lowest BCUT2D eigenvalue weighted by Gasteiger charge is -2.34. The summed E-state index contributed by atoms with van der Waals surface area (Å²) < 4.78 is 10.2. The van der Waals surface area contributed by atoms with Gasteiger partial charge in [0.05, 0.1) is 20.1 Å². The second-order valence-corrected chi connectivity index (χ2v) is 6.52. The second-order valence-electron chi connectivity index (χ2n) is 6.52. The number of anilines is 1. The van der Waals surface area contributed by atoms with Crippen molar-refractivity contribution in [2.45, 2.75) is 13.3 Å². The molecule has 0 unspecified atom stereocenters. The Morgan fingerprint density at radius 1 is 1.22 bits per heavy atom.